The molecule has 2 aliphatic carbocycles. The highest BCUT2D eigenvalue weighted by molar-refractivity contribution is 5.23. The van der Waals surface area contributed by atoms with Gasteiger partial charge in [0.1, 0.15) is 0 Å². The van der Waals surface area contributed by atoms with Gasteiger partial charge in [0.25, 0.3) is 0 Å². The van der Waals surface area contributed by atoms with E-state index in [1.54, 1.807) is 0 Å². The van der Waals surface area contributed by atoms with E-state index in [1.807, 2.05) is 0 Å². The van der Waals surface area contributed by atoms with Gasteiger partial charge in [0.15, 0.2) is 0 Å². The number of fused-ring (bicyclic) bond motifs is 2. The normalized spacial score (nSPS) is 40.5. The first-order chi connectivity index (χ1) is 9.35. The molecule has 3 heteroatoms. The van der Waals surface area contributed by atoms with Crippen molar-refractivity contribution in [3.05, 3.63) is 0 Å². The van der Waals surface area contributed by atoms with E-state index in [0.717, 1.165) is 19.0 Å². The second-order valence-corrected chi connectivity index (χ2v) is 7.71. The molecular weight excluding hydrogens is 248 g/mol. The van der Waals surface area contributed by atoms with Crippen molar-refractivity contribution in [1.29, 1.82) is 0 Å². The molecule has 118 valence electrons. The fraction of sp³-hybridized carbons (Fsp3) is 1.00. The van der Waals surface area contributed by atoms with Gasteiger partial charge in [-0.1, -0.05) is 34.6 Å². The van der Waals surface area contributed by atoms with Crippen LogP contribution in [0.4, 0.5) is 0 Å². The van der Waals surface area contributed by atoms with Crippen LogP contribution in [0, 0.1) is 22.7 Å². The number of rotatable bonds is 6. The molecule has 0 spiro atoms. The lowest BCUT2D eigenvalue weighted by molar-refractivity contribution is -0.0909. The topological polar surface area (TPSA) is 49.5 Å². The van der Waals surface area contributed by atoms with E-state index in [0.29, 0.717) is 12.0 Å². The van der Waals surface area contributed by atoms with Gasteiger partial charge in [-0.3, -0.25) is 4.90 Å². The van der Waals surface area contributed by atoms with Crippen LogP contribution in [0.2, 0.25) is 0 Å². The minimum absolute atomic E-state index is 0.0758. The first-order valence-corrected chi connectivity index (χ1v) is 8.41. The van der Waals surface area contributed by atoms with E-state index in [-0.39, 0.29) is 23.5 Å². The zero-order valence-corrected chi connectivity index (χ0v) is 14.1. The van der Waals surface area contributed by atoms with Crippen LogP contribution in [0.5, 0.6) is 0 Å². The fourth-order valence-corrected chi connectivity index (χ4v) is 5.89. The molecule has 2 aliphatic rings. The SMILES string of the molecule is CCN(CC)[C@]1([C@H](CN)CO)C[C@@H]2CC[C@@]1(C)C2(C)C. The molecule has 0 saturated heterocycles. The first-order valence-electron chi connectivity index (χ1n) is 8.41. The van der Waals surface area contributed by atoms with E-state index in [1.165, 1.54) is 19.3 Å². The summed E-state index contributed by atoms with van der Waals surface area (Å²) in [6, 6.07) is 0. The van der Waals surface area contributed by atoms with Crippen LogP contribution in [0.25, 0.3) is 0 Å². The largest absolute Gasteiger partial charge is 0.396 e. The lowest BCUT2D eigenvalue weighted by atomic mass is 9.57. The molecule has 0 amide bonds. The molecule has 3 nitrogen and oxygen atoms in total. The van der Waals surface area contributed by atoms with Gasteiger partial charge < -0.3 is 10.8 Å². The van der Waals surface area contributed by atoms with Crippen molar-refractivity contribution in [2.75, 3.05) is 26.2 Å². The molecule has 2 saturated carbocycles. The van der Waals surface area contributed by atoms with Gasteiger partial charge in [-0.2, -0.15) is 0 Å². The fourth-order valence-electron chi connectivity index (χ4n) is 5.89. The summed E-state index contributed by atoms with van der Waals surface area (Å²) in [7, 11) is 0. The molecular formula is C17H34N2O. The second kappa shape index (κ2) is 5.26. The summed E-state index contributed by atoms with van der Waals surface area (Å²) < 4.78 is 0. The summed E-state index contributed by atoms with van der Waals surface area (Å²) >= 11 is 0. The molecule has 20 heavy (non-hydrogen) atoms. The van der Waals surface area contributed by atoms with Gasteiger partial charge in [-0.05, 0) is 55.6 Å². The standard InChI is InChI=1S/C17H34N2O/c1-6-19(7-2)17(14(11-18)12-20)10-13-8-9-16(17,5)15(13,3)4/h13-14,20H,6-12,18H2,1-5H3/t13-,14+,16-,17-/m0/s1. The maximum atomic E-state index is 10.00. The van der Waals surface area contributed by atoms with E-state index < -0.39 is 0 Å². The Balaban J connectivity index is 2.55. The van der Waals surface area contributed by atoms with Crippen LogP contribution >= 0.6 is 0 Å². The molecule has 0 radical (unpaired) electrons. The van der Waals surface area contributed by atoms with Gasteiger partial charge in [0.05, 0.1) is 0 Å². The van der Waals surface area contributed by atoms with Gasteiger partial charge in [-0.25, -0.2) is 0 Å². The number of nitrogens with zero attached hydrogens (tertiary/aromatic N) is 1. The molecule has 2 bridgehead atoms. The Morgan fingerprint density at radius 1 is 1.25 bits per heavy atom. The lowest BCUT2D eigenvalue weighted by Gasteiger charge is -2.58. The Morgan fingerprint density at radius 2 is 1.85 bits per heavy atom. The average molecular weight is 282 g/mol. The van der Waals surface area contributed by atoms with Crippen molar-refractivity contribution in [2.24, 2.45) is 28.4 Å². The van der Waals surface area contributed by atoms with Crippen molar-refractivity contribution in [3.8, 4) is 0 Å². The van der Waals surface area contributed by atoms with Crippen LogP contribution in [-0.4, -0.2) is 41.8 Å². The molecule has 0 heterocycles. The van der Waals surface area contributed by atoms with Crippen LogP contribution in [0.15, 0.2) is 0 Å². The Morgan fingerprint density at radius 3 is 2.15 bits per heavy atom. The third-order valence-electron chi connectivity index (χ3n) is 7.46. The number of nitrogens with two attached hydrogens (primary N) is 1. The van der Waals surface area contributed by atoms with Crippen molar-refractivity contribution in [1.82, 2.24) is 4.90 Å². The lowest BCUT2D eigenvalue weighted by Crippen LogP contribution is -2.65. The summed E-state index contributed by atoms with van der Waals surface area (Å²) in [5.41, 5.74) is 6.76. The molecule has 0 unspecified atom stereocenters. The van der Waals surface area contributed by atoms with Crippen molar-refractivity contribution < 1.29 is 5.11 Å². The molecule has 0 aliphatic heterocycles. The average Bonchev–Trinajstić information content (AvgIpc) is 2.74. The van der Waals surface area contributed by atoms with Gasteiger partial charge >= 0.3 is 0 Å². The molecule has 0 aromatic rings. The summed E-state index contributed by atoms with van der Waals surface area (Å²) in [4.78, 5) is 2.61. The van der Waals surface area contributed by atoms with Crippen LogP contribution in [0.3, 0.4) is 0 Å². The highest BCUT2D eigenvalue weighted by Gasteiger charge is 2.71. The summed E-state index contributed by atoms with van der Waals surface area (Å²) in [5.74, 6) is 0.964. The molecule has 0 aromatic heterocycles. The predicted molar refractivity (Wildman–Crippen MR) is 84.5 cm³/mol. The third kappa shape index (κ3) is 1.69. The summed E-state index contributed by atoms with van der Waals surface area (Å²) in [5, 5.41) is 10.00. The van der Waals surface area contributed by atoms with Gasteiger partial charge in [-0.15, -0.1) is 0 Å². The van der Waals surface area contributed by atoms with E-state index in [2.05, 4.69) is 39.5 Å². The highest BCUT2D eigenvalue weighted by atomic mass is 16.3. The van der Waals surface area contributed by atoms with Gasteiger partial charge in [0.2, 0.25) is 0 Å². The Bertz CT molecular complexity index is 335. The maximum absolute atomic E-state index is 10.00. The number of hydrogen-bond donors (Lipinski definition) is 2. The van der Waals surface area contributed by atoms with Crippen LogP contribution in [0.1, 0.15) is 53.9 Å². The molecule has 2 rings (SSSR count). The zero-order chi connectivity index (χ0) is 15.2. The molecule has 2 fully saturated rings. The van der Waals surface area contributed by atoms with E-state index in [9.17, 15) is 5.11 Å². The van der Waals surface area contributed by atoms with E-state index in [4.69, 9.17) is 5.73 Å². The maximum Gasteiger partial charge on any atom is 0.0489 e. The smallest absolute Gasteiger partial charge is 0.0489 e. The van der Waals surface area contributed by atoms with E-state index >= 15 is 0 Å². The zero-order valence-electron chi connectivity index (χ0n) is 14.1. The second-order valence-electron chi connectivity index (χ2n) is 7.71. The van der Waals surface area contributed by atoms with Gasteiger partial charge in [0, 0.05) is 18.1 Å². The van der Waals surface area contributed by atoms with Crippen molar-refractivity contribution >= 4 is 0 Å². The van der Waals surface area contributed by atoms with Crippen LogP contribution < -0.4 is 5.73 Å². The summed E-state index contributed by atoms with van der Waals surface area (Å²) in [6.45, 7) is 14.8. The first kappa shape index (κ1) is 16.3. The quantitative estimate of drug-likeness (QED) is 0.787. The number of aliphatic hydroxyl groups excluding tert-OH is 1. The number of hydrogen-bond acceptors (Lipinski definition) is 3. The minimum Gasteiger partial charge on any atom is -0.396 e. The highest BCUT2D eigenvalue weighted by Crippen LogP contribution is 2.72. The predicted octanol–water partition coefficient (Wildman–Crippen LogP) is 2.48. The summed E-state index contributed by atoms with van der Waals surface area (Å²) in [6.07, 6.45) is 3.83. The Kier molecular flexibility index (Phi) is 4.27. The van der Waals surface area contributed by atoms with Crippen molar-refractivity contribution in [3.63, 3.8) is 0 Å². The minimum atomic E-state index is 0.0758. The molecule has 4 atom stereocenters. The van der Waals surface area contributed by atoms with Crippen LogP contribution in [-0.2, 0) is 0 Å². The third-order valence-corrected chi connectivity index (χ3v) is 7.46. The molecule has 0 aromatic carbocycles. The molecule has 3 N–H and O–H groups in total. The Hall–Kier alpha value is -0.120. The number of aliphatic hydroxyl groups is 1. The Labute approximate surface area is 124 Å². The monoisotopic (exact) mass is 282 g/mol. The van der Waals surface area contributed by atoms with Crippen molar-refractivity contribution in [2.45, 2.75) is 59.4 Å².